The van der Waals surface area contributed by atoms with Crippen LogP contribution in [0.4, 0.5) is 0 Å². The maximum absolute atomic E-state index is 6.48. The summed E-state index contributed by atoms with van der Waals surface area (Å²) >= 11 is 0. The minimum atomic E-state index is -0.570. The van der Waals surface area contributed by atoms with Crippen molar-refractivity contribution in [1.82, 2.24) is 4.57 Å². The zero-order valence-electron chi connectivity index (χ0n) is 41.0. The van der Waals surface area contributed by atoms with Gasteiger partial charge in [0.1, 0.15) is 11.2 Å². The lowest BCUT2D eigenvalue weighted by atomic mass is 9.70. The quantitative estimate of drug-likeness (QED) is 0.158. The smallest absolute Gasteiger partial charge is 0.136 e. The summed E-state index contributed by atoms with van der Waals surface area (Å²) in [7, 11) is 0. The molecule has 4 aliphatic carbocycles. The Balaban J connectivity index is 0.915. The highest BCUT2D eigenvalue weighted by molar-refractivity contribution is 6.33. The molecule has 0 N–H and O–H groups in total. The number of benzene rings is 13. The van der Waals surface area contributed by atoms with Gasteiger partial charge in [-0.15, -0.1) is 0 Å². The number of furan rings is 1. The van der Waals surface area contributed by atoms with Crippen molar-refractivity contribution < 1.29 is 4.42 Å². The fourth-order valence-electron chi connectivity index (χ4n) is 15.9. The molecule has 2 heteroatoms. The van der Waals surface area contributed by atoms with Gasteiger partial charge in [0.2, 0.25) is 0 Å². The summed E-state index contributed by atoms with van der Waals surface area (Å²) in [5.41, 5.74) is 28.1. The maximum Gasteiger partial charge on any atom is 0.136 e. The van der Waals surface area contributed by atoms with E-state index in [2.05, 4.69) is 253 Å². The van der Waals surface area contributed by atoms with Crippen molar-refractivity contribution >= 4 is 65.3 Å². The highest BCUT2D eigenvalue weighted by Crippen LogP contribution is 2.66. The minimum absolute atomic E-state index is 0.455. The van der Waals surface area contributed by atoms with Crippen molar-refractivity contribution in [2.75, 3.05) is 0 Å². The topological polar surface area (TPSA) is 18.1 Å². The summed E-state index contributed by atoms with van der Waals surface area (Å²) in [6.45, 7) is 0. The Morgan fingerprint density at radius 2 is 0.750 bits per heavy atom. The molecule has 0 fully saturated rings. The lowest BCUT2D eigenvalue weighted by molar-refractivity contribution is 0.669. The molecule has 15 aromatic rings. The first kappa shape index (κ1) is 39.7. The number of aromatic nitrogens is 1. The maximum atomic E-state index is 6.48. The van der Waals surface area contributed by atoms with Crippen LogP contribution < -0.4 is 0 Å². The van der Waals surface area contributed by atoms with Crippen molar-refractivity contribution in [2.24, 2.45) is 0 Å². The summed E-state index contributed by atoms with van der Waals surface area (Å²) in [5.74, 6) is 0. The first-order valence-corrected chi connectivity index (χ1v) is 26.7. The molecular formula is C74H41NO. The molecule has 2 heterocycles. The number of fused-ring (bicyclic) bond motifs is 27. The molecule has 0 bridgehead atoms. The van der Waals surface area contributed by atoms with Gasteiger partial charge in [0, 0.05) is 32.8 Å². The number of nitrogens with zero attached hydrogens (tertiary/aromatic N) is 1. The van der Waals surface area contributed by atoms with Gasteiger partial charge in [-0.05, 0) is 153 Å². The fraction of sp³-hybridized carbons (Fsp3) is 0.0270. The van der Waals surface area contributed by atoms with Gasteiger partial charge in [-0.25, -0.2) is 0 Å². The van der Waals surface area contributed by atoms with Crippen LogP contribution in [0.2, 0.25) is 0 Å². The van der Waals surface area contributed by atoms with E-state index in [1.807, 2.05) is 0 Å². The average molecular weight is 960 g/mol. The summed E-state index contributed by atoms with van der Waals surface area (Å²) in [4.78, 5) is 0. The molecule has 0 radical (unpaired) electrons. The van der Waals surface area contributed by atoms with Crippen LogP contribution in [0.3, 0.4) is 0 Å². The molecule has 19 rings (SSSR count). The molecule has 2 aromatic heterocycles. The Kier molecular flexibility index (Phi) is 7.16. The normalized spacial score (nSPS) is 14.5. The SMILES string of the molecule is c1ccc2c(c1)-c1ccccc1C21c2cc(-n3c4ccccc4c4ccc5c(c43)-c3ccccc3C53c4ccccc4-c4ccccc43)ccc2-c2c(-c3ccc4c(c3)c3cccc5oc6cccc4c6c53)cccc21. The average Bonchev–Trinajstić information content (AvgIpc) is 4.32. The van der Waals surface area contributed by atoms with E-state index < -0.39 is 10.8 Å². The van der Waals surface area contributed by atoms with E-state index in [0.29, 0.717) is 0 Å². The third kappa shape index (κ3) is 4.41. The Morgan fingerprint density at radius 1 is 0.276 bits per heavy atom. The second-order valence-electron chi connectivity index (χ2n) is 21.6. The lowest BCUT2D eigenvalue weighted by Crippen LogP contribution is -2.26. The molecule has 2 spiro atoms. The van der Waals surface area contributed by atoms with Crippen molar-refractivity contribution in [3.63, 3.8) is 0 Å². The third-order valence-electron chi connectivity index (χ3n) is 18.6. The molecule has 0 unspecified atom stereocenters. The van der Waals surface area contributed by atoms with Gasteiger partial charge < -0.3 is 8.98 Å². The van der Waals surface area contributed by atoms with Gasteiger partial charge in [0.15, 0.2) is 0 Å². The highest BCUT2D eigenvalue weighted by atomic mass is 16.3. The molecule has 0 aliphatic heterocycles. The minimum Gasteiger partial charge on any atom is -0.456 e. The molecule has 4 aliphatic rings. The standard InChI is InChI=1S/C74H41NO/c1-7-25-57-46(16-1)47-17-2-8-26-58(47)73(57)61-29-11-5-21-54(61)69-63(73)39-38-53-50-20-6-12-31-65(50)75(72(53)69)43-35-37-55-64(41-43)74(59-27-9-3-18-48(59)49-19-4-10-28-60(49)74)62-30-13-22-44(68(55)62)42-34-36-45-51-23-14-32-66-70(51)71-52(56(45)40-42)24-15-33-67(71)76-66/h1-41H. The highest BCUT2D eigenvalue weighted by Gasteiger charge is 2.54. The summed E-state index contributed by atoms with van der Waals surface area (Å²) < 4.78 is 9.09. The number of para-hydroxylation sites is 1. The number of rotatable bonds is 2. The first-order chi connectivity index (χ1) is 37.7. The van der Waals surface area contributed by atoms with E-state index in [0.717, 1.165) is 16.9 Å². The van der Waals surface area contributed by atoms with Crippen LogP contribution in [0, 0.1) is 0 Å². The largest absolute Gasteiger partial charge is 0.456 e. The summed E-state index contributed by atoms with van der Waals surface area (Å²) in [5, 5.41) is 9.89. The Labute approximate surface area is 437 Å². The predicted octanol–water partition coefficient (Wildman–Crippen LogP) is 18.8. The van der Waals surface area contributed by atoms with Gasteiger partial charge in [0.05, 0.1) is 21.9 Å². The van der Waals surface area contributed by atoms with E-state index in [4.69, 9.17) is 4.42 Å². The molecule has 13 aromatic carbocycles. The second kappa shape index (κ2) is 13.7. The fourth-order valence-corrected chi connectivity index (χ4v) is 15.9. The van der Waals surface area contributed by atoms with Crippen LogP contribution in [0.25, 0.3) is 127 Å². The van der Waals surface area contributed by atoms with Gasteiger partial charge in [-0.2, -0.15) is 0 Å². The second-order valence-corrected chi connectivity index (χ2v) is 21.6. The van der Waals surface area contributed by atoms with Crippen LogP contribution in [-0.2, 0) is 10.8 Å². The van der Waals surface area contributed by atoms with Gasteiger partial charge >= 0.3 is 0 Å². The van der Waals surface area contributed by atoms with Crippen LogP contribution >= 0.6 is 0 Å². The van der Waals surface area contributed by atoms with E-state index >= 15 is 0 Å². The lowest BCUT2D eigenvalue weighted by Gasteiger charge is -2.31. The number of hydrogen-bond donors (Lipinski definition) is 0. The molecule has 0 amide bonds. The molecule has 0 saturated carbocycles. The van der Waals surface area contributed by atoms with Gasteiger partial charge in [-0.3, -0.25) is 0 Å². The predicted molar refractivity (Wildman–Crippen MR) is 312 cm³/mol. The Bertz CT molecular complexity index is 5040. The molecule has 2 nitrogen and oxygen atoms in total. The van der Waals surface area contributed by atoms with Crippen molar-refractivity contribution in [2.45, 2.75) is 10.8 Å². The number of hydrogen-bond acceptors (Lipinski definition) is 1. The monoisotopic (exact) mass is 959 g/mol. The van der Waals surface area contributed by atoms with E-state index in [1.165, 1.54) is 154 Å². The van der Waals surface area contributed by atoms with Crippen LogP contribution in [0.5, 0.6) is 0 Å². The Hall–Kier alpha value is -9.76. The zero-order valence-corrected chi connectivity index (χ0v) is 41.0. The Morgan fingerprint density at radius 3 is 1.41 bits per heavy atom. The summed E-state index contributed by atoms with van der Waals surface area (Å²) in [6, 6.07) is 94.6. The molecule has 0 atom stereocenters. The van der Waals surface area contributed by atoms with Gasteiger partial charge in [-0.1, -0.05) is 212 Å². The van der Waals surface area contributed by atoms with Crippen molar-refractivity contribution in [3.8, 4) is 61.3 Å². The summed E-state index contributed by atoms with van der Waals surface area (Å²) in [6.07, 6.45) is 0. The third-order valence-corrected chi connectivity index (χ3v) is 18.6. The van der Waals surface area contributed by atoms with E-state index in [1.54, 1.807) is 0 Å². The van der Waals surface area contributed by atoms with Crippen LogP contribution in [0.15, 0.2) is 253 Å². The molecule has 76 heavy (non-hydrogen) atoms. The van der Waals surface area contributed by atoms with Gasteiger partial charge in [0.25, 0.3) is 0 Å². The first-order valence-electron chi connectivity index (χ1n) is 26.7. The van der Waals surface area contributed by atoms with Crippen molar-refractivity contribution in [3.05, 3.63) is 293 Å². The van der Waals surface area contributed by atoms with Crippen LogP contribution in [-0.4, -0.2) is 4.57 Å². The molecule has 0 saturated heterocycles. The van der Waals surface area contributed by atoms with E-state index in [9.17, 15) is 0 Å². The van der Waals surface area contributed by atoms with Crippen LogP contribution in [0.1, 0.15) is 44.5 Å². The van der Waals surface area contributed by atoms with Crippen molar-refractivity contribution in [1.29, 1.82) is 0 Å². The zero-order chi connectivity index (χ0) is 49.2. The molecular weight excluding hydrogens is 919 g/mol. The molecule has 348 valence electrons. The van der Waals surface area contributed by atoms with E-state index in [-0.39, 0.29) is 0 Å².